The van der Waals surface area contributed by atoms with E-state index in [1.807, 2.05) is 86.8 Å². The monoisotopic (exact) mass is 976 g/mol. The average Bonchev–Trinajstić information content (AvgIpc) is 3.84. The van der Waals surface area contributed by atoms with Gasteiger partial charge in [0.25, 0.3) is 0 Å². The molecule has 0 bridgehead atoms. The van der Waals surface area contributed by atoms with Crippen LogP contribution < -0.4 is 5.19 Å². The summed E-state index contributed by atoms with van der Waals surface area (Å²) in [6, 6.07) is 58.2. The second kappa shape index (κ2) is 16.9. The van der Waals surface area contributed by atoms with Gasteiger partial charge in [0.2, 0.25) is 5.71 Å². The molecule has 4 aromatic heterocycles. The van der Waals surface area contributed by atoms with Gasteiger partial charge in [0.05, 0.1) is 30.5 Å². The molecule has 5 nitrogen and oxygen atoms in total. The van der Waals surface area contributed by atoms with Gasteiger partial charge in [0.15, 0.2) is 0 Å². The van der Waals surface area contributed by atoms with Gasteiger partial charge in [-0.1, -0.05) is 135 Å². The van der Waals surface area contributed by atoms with Gasteiger partial charge in [-0.25, -0.2) is 4.98 Å². The Morgan fingerprint density at radius 3 is 2.27 bits per heavy atom. The Labute approximate surface area is 368 Å². The molecule has 0 aliphatic heterocycles. The van der Waals surface area contributed by atoms with Crippen molar-refractivity contribution in [3.63, 3.8) is 0 Å². The molecule has 60 heavy (non-hydrogen) atoms. The summed E-state index contributed by atoms with van der Waals surface area (Å²) in [6.45, 7) is 13.1. The van der Waals surface area contributed by atoms with E-state index in [-0.39, 0.29) is 26.0 Å². The van der Waals surface area contributed by atoms with Crippen LogP contribution in [0.15, 0.2) is 162 Å². The van der Waals surface area contributed by atoms with Crippen LogP contribution in [0.5, 0.6) is 0 Å². The first kappa shape index (κ1) is 39.5. The number of para-hydroxylation sites is 2. The van der Waals surface area contributed by atoms with Crippen molar-refractivity contribution in [2.45, 2.75) is 52.2 Å². The van der Waals surface area contributed by atoms with E-state index in [4.69, 9.17) is 14.4 Å². The van der Waals surface area contributed by atoms with Crippen molar-refractivity contribution in [2.24, 2.45) is 0 Å². The van der Waals surface area contributed by atoms with E-state index in [2.05, 4.69) is 133 Å². The fourth-order valence-corrected chi connectivity index (χ4v) is 9.56. The molecule has 2 atom stereocenters. The first-order chi connectivity index (χ1) is 29.0. The van der Waals surface area contributed by atoms with Crippen molar-refractivity contribution in [2.75, 3.05) is 0 Å². The Bertz CT molecular complexity index is 3150. The summed E-state index contributed by atoms with van der Waals surface area (Å²) in [5.74, 6) is 0.126. The molecule has 10 aromatic rings. The van der Waals surface area contributed by atoms with Gasteiger partial charge in [0, 0.05) is 49.8 Å². The zero-order valence-corrected chi connectivity index (χ0v) is 38.0. The summed E-state index contributed by atoms with van der Waals surface area (Å²) in [6.07, 6.45) is 2.02. The summed E-state index contributed by atoms with van der Waals surface area (Å²) in [5, 5.41) is 5.63. The van der Waals surface area contributed by atoms with Gasteiger partial charge in [-0.05, 0) is 70.9 Å². The van der Waals surface area contributed by atoms with Crippen LogP contribution in [0, 0.1) is 19.1 Å². The van der Waals surface area contributed by atoms with Crippen molar-refractivity contribution in [3.8, 4) is 28.3 Å². The molecular weight excluding hydrogens is 929 g/mol. The third-order valence-corrected chi connectivity index (χ3v) is 13.3. The molecule has 0 saturated heterocycles. The third-order valence-electron chi connectivity index (χ3n) is 11.3. The quantitative estimate of drug-likeness (QED) is 0.118. The summed E-state index contributed by atoms with van der Waals surface area (Å²) in [7, 11) is -1.65. The van der Waals surface area contributed by atoms with Gasteiger partial charge >= 0.3 is 0 Å². The molecule has 1 radical (unpaired) electrons. The van der Waals surface area contributed by atoms with Gasteiger partial charge in [-0.15, -0.1) is 54.1 Å². The molecule has 0 aliphatic carbocycles. The Balaban J connectivity index is 0.000000170. The Morgan fingerprint density at radius 2 is 1.47 bits per heavy atom. The van der Waals surface area contributed by atoms with Gasteiger partial charge in [-0.3, -0.25) is 4.98 Å². The molecule has 0 N–H and O–H groups in total. The van der Waals surface area contributed by atoms with Crippen LogP contribution in [0.4, 0.5) is 0 Å². The molecule has 6 aromatic carbocycles. The fourth-order valence-electron chi connectivity index (χ4n) is 8.03. The van der Waals surface area contributed by atoms with Crippen molar-refractivity contribution in [1.82, 2.24) is 19.5 Å². The number of aromatic nitrogens is 4. The number of furan rings is 1. The summed E-state index contributed by atoms with van der Waals surface area (Å²) in [4.78, 5) is 14.4. The van der Waals surface area contributed by atoms with E-state index in [1.54, 1.807) is 0 Å². The summed E-state index contributed by atoms with van der Waals surface area (Å²) in [5.41, 5.74) is 10.3. The standard InChI is InChI=1S/C29H18N3O.C24H28NSi.Ir/c1-18-16-17-22-21-11-7-12-23(27(21)33-29(22)30-18)28-31-24-13-4-5-14-26(24)32(28)25-15-6-9-19-8-2-3-10-20(19)25;1-18(20-12-8-6-9-13-20)19(2)22-16-23(21-14-10-7-11-15-21)25-17-24(22)26(3,4)5;/h2-11,13-17H,1H3;6-14,16-19H,1-5H3;/q2*-1;/i;19D;. The number of imidazole rings is 1. The maximum atomic E-state index is 9.37. The van der Waals surface area contributed by atoms with Crippen LogP contribution in [0.1, 0.15) is 43.9 Å². The number of fused-ring (bicyclic) bond motifs is 5. The number of pyridine rings is 2. The minimum Gasteiger partial charge on any atom is -0.486 e. The minimum absolute atomic E-state index is 0. The van der Waals surface area contributed by atoms with Crippen molar-refractivity contribution >= 4 is 57.1 Å². The van der Waals surface area contributed by atoms with Crippen LogP contribution in [0.2, 0.25) is 19.6 Å². The molecular formula is C53H46IrN4OSi-2. The van der Waals surface area contributed by atoms with E-state index in [0.29, 0.717) is 5.71 Å². The fraction of sp³-hybridized carbons (Fsp3) is 0.151. The number of benzene rings is 6. The second-order valence-corrected chi connectivity index (χ2v) is 21.3. The molecule has 4 heterocycles. The first-order valence-corrected chi connectivity index (χ1v) is 23.7. The van der Waals surface area contributed by atoms with Crippen LogP contribution in [-0.2, 0) is 20.1 Å². The normalized spacial score (nSPS) is 13.3. The molecule has 0 amide bonds. The van der Waals surface area contributed by atoms with Crippen molar-refractivity contribution in [1.29, 1.82) is 0 Å². The molecule has 10 rings (SSSR count). The Kier molecular flexibility index (Phi) is 11.1. The third kappa shape index (κ3) is 7.77. The van der Waals surface area contributed by atoms with Gasteiger partial charge in [-0.2, -0.15) is 0 Å². The van der Waals surface area contributed by atoms with E-state index in [9.17, 15) is 1.37 Å². The van der Waals surface area contributed by atoms with Crippen molar-refractivity contribution < 1.29 is 25.9 Å². The SMILES string of the molecule is Cc1ccc2c(n1)oc1c(-c3nc4ccccc4n3-c3cccc4ccccc34)[c-]ccc12.[2H]C(C)(c1cc(-c2[c-]cccc2)ncc1[Si](C)(C)C)C(C)c1ccccc1.[Ir]. The predicted octanol–water partition coefficient (Wildman–Crippen LogP) is 13.2. The minimum atomic E-state index is -1.65. The van der Waals surface area contributed by atoms with Crippen LogP contribution in [0.25, 0.3) is 72.2 Å². The molecule has 2 unspecified atom stereocenters. The van der Waals surface area contributed by atoms with Crippen LogP contribution in [0.3, 0.4) is 0 Å². The zero-order chi connectivity index (χ0) is 41.6. The number of nitrogens with zero attached hydrogens (tertiary/aromatic N) is 4. The van der Waals surface area contributed by atoms with E-state index < -0.39 is 14.0 Å². The maximum absolute atomic E-state index is 9.37. The Hall–Kier alpha value is -5.98. The zero-order valence-electron chi connectivity index (χ0n) is 35.6. The van der Waals surface area contributed by atoms with E-state index in [1.165, 1.54) is 21.5 Å². The maximum Gasteiger partial charge on any atom is 0.216 e. The topological polar surface area (TPSA) is 56.7 Å². The number of aryl methyl sites for hydroxylation is 1. The molecule has 7 heteroatoms. The summed E-state index contributed by atoms with van der Waals surface area (Å²) < 4.78 is 17.9. The van der Waals surface area contributed by atoms with Crippen molar-refractivity contribution in [3.05, 3.63) is 187 Å². The van der Waals surface area contributed by atoms with Crippen LogP contribution >= 0.6 is 0 Å². The largest absolute Gasteiger partial charge is 0.486 e. The predicted molar refractivity (Wildman–Crippen MR) is 247 cm³/mol. The average molecular weight is 976 g/mol. The number of rotatable bonds is 7. The molecule has 0 spiro atoms. The molecule has 0 aliphatic rings. The first-order valence-electron chi connectivity index (χ1n) is 20.7. The second-order valence-electron chi connectivity index (χ2n) is 16.2. The van der Waals surface area contributed by atoms with Crippen LogP contribution in [-0.4, -0.2) is 27.6 Å². The molecule has 0 saturated carbocycles. The van der Waals surface area contributed by atoms with E-state index in [0.717, 1.165) is 67.0 Å². The van der Waals surface area contributed by atoms with Gasteiger partial charge in [0.1, 0.15) is 0 Å². The number of hydrogen-bond acceptors (Lipinski definition) is 4. The summed E-state index contributed by atoms with van der Waals surface area (Å²) >= 11 is 0. The molecule has 299 valence electrons. The number of hydrogen-bond donors (Lipinski definition) is 0. The Morgan fingerprint density at radius 1 is 0.717 bits per heavy atom. The smallest absolute Gasteiger partial charge is 0.216 e. The van der Waals surface area contributed by atoms with Gasteiger partial charge < -0.3 is 14.0 Å². The molecule has 0 fully saturated rings. The van der Waals surface area contributed by atoms with E-state index >= 15 is 0 Å².